The monoisotopic (exact) mass is 322 g/mol. The number of halogens is 1. The van der Waals surface area contributed by atoms with Gasteiger partial charge in [0, 0.05) is 17.1 Å². The van der Waals surface area contributed by atoms with Crippen LogP contribution in [0.4, 0.5) is 11.4 Å². The first kappa shape index (κ1) is 12.1. The van der Waals surface area contributed by atoms with E-state index in [0.29, 0.717) is 6.04 Å². The number of rotatable bonds is 4. The molecule has 4 heteroatoms. The fourth-order valence-electron chi connectivity index (χ4n) is 2.14. The van der Waals surface area contributed by atoms with Gasteiger partial charge in [-0.3, -0.25) is 0 Å². The highest BCUT2D eigenvalue weighted by molar-refractivity contribution is 9.10. The summed E-state index contributed by atoms with van der Waals surface area (Å²) < 4.78 is 1.09. The molecular weight excluding hydrogens is 308 g/mol. The van der Waals surface area contributed by atoms with E-state index in [1.165, 1.54) is 18.4 Å². The van der Waals surface area contributed by atoms with Gasteiger partial charge >= 0.3 is 0 Å². The highest BCUT2D eigenvalue weighted by Crippen LogP contribution is 2.37. The Balaban J connectivity index is 1.91. The van der Waals surface area contributed by atoms with E-state index in [1.54, 1.807) is 11.3 Å². The molecule has 0 aliphatic heterocycles. The summed E-state index contributed by atoms with van der Waals surface area (Å²) in [4.78, 5) is 2.43. The van der Waals surface area contributed by atoms with Crippen molar-refractivity contribution in [1.82, 2.24) is 0 Å². The molecule has 1 aromatic carbocycles. The van der Waals surface area contributed by atoms with Gasteiger partial charge in [-0.1, -0.05) is 15.9 Å². The molecule has 1 aliphatic carbocycles. The molecule has 1 heterocycles. The van der Waals surface area contributed by atoms with E-state index in [9.17, 15) is 0 Å². The van der Waals surface area contributed by atoms with E-state index in [-0.39, 0.29) is 0 Å². The Morgan fingerprint density at radius 2 is 2.17 bits per heavy atom. The smallest absolute Gasteiger partial charge is 0.0616 e. The van der Waals surface area contributed by atoms with Crippen LogP contribution in [0, 0.1) is 0 Å². The Labute approximate surface area is 120 Å². The Morgan fingerprint density at radius 1 is 1.33 bits per heavy atom. The summed E-state index contributed by atoms with van der Waals surface area (Å²) in [6.45, 7) is 0.953. The molecule has 1 aromatic heterocycles. The molecule has 18 heavy (non-hydrogen) atoms. The van der Waals surface area contributed by atoms with E-state index < -0.39 is 0 Å². The molecule has 3 rings (SSSR count). The Hall–Kier alpha value is -1.00. The van der Waals surface area contributed by atoms with Gasteiger partial charge in [-0.2, -0.15) is 11.3 Å². The fourth-order valence-corrected chi connectivity index (χ4v) is 3.15. The number of thiophene rings is 1. The number of hydrogen-bond acceptors (Lipinski definition) is 3. The highest BCUT2D eigenvalue weighted by atomic mass is 79.9. The molecule has 2 nitrogen and oxygen atoms in total. The second kappa shape index (κ2) is 4.94. The van der Waals surface area contributed by atoms with Crippen LogP contribution in [0.15, 0.2) is 39.5 Å². The fraction of sp³-hybridized carbons (Fsp3) is 0.286. The van der Waals surface area contributed by atoms with Crippen molar-refractivity contribution in [3.05, 3.63) is 45.1 Å². The molecule has 0 amide bonds. The van der Waals surface area contributed by atoms with Gasteiger partial charge in [-0.15, -0.1) is 0 Å². The molecule has 0 bridgehead atoms. The molecule has 0 saturated heterocycles. The quantitative estimate of drug-likeness (QED) is 0.852. The van der Waals surface area contributed by atoms with Gasteiger partial charge in [0.1, 0.15) is 0 Å². The van der Waals surface area contributed by atoms with Crippen LogP contribution in [0.25, 0.3) is 0 Å². The summed E-state index contributed by atoms with van der Waals surface area (Å²) in [6.07, 6.45) is 2.55. The standard InChI is InChI=1S/C14H15BrN2S/c15-11-1-4-13(16)14(7-11)17(12-2-3-12)8-10-5-6-18-9-10/h1,4-7,9,12H,2-3,8,16H2. The number of nitrogen functional groups attached to an aromatic ring is 1. The first-order chi connectivity index (χ1) is 8.74. The van der Waals surface area contributed by atoms with Crippen LogP contribution in [-0.4, -0.2) is 6.04 Å². The lowest BCUT2D eigenvalue weighted by molar-refractivity contribution is 0.798. The van der Waals surface area contributed by atoms with Gasteiger partial charge in [0.25, 0.3) is 0 Å². The van der Waals surface area contributed by atoms with Gasteiger partial charge in [-0.25, -0.2) is 0 Å². The SMILES string of the molecule is Nc1ccc(Br)cc1N(Cc1ccsc1)C1CC1. The topological polar surface area (TPSA) is 29.3 Å². The zero-order valence-electron chi connectivity index (χ0n) is 9.97. The molecule has 1 fully saturated rings. The number of anilines is 2. The summed E-state index contributed by atoms with van der Waals surface area (Å²) in [6, 6.07) is 8.94. The van der Waals surface area contributed by atoms with Crippen molar-refractivity contribution in [3.63, 3.8) is 0 Å². The predicted molar refractivity (Wildman–Crippen MR) is 82.1 cm³/mol. The van der Waals surface area contributed by atoms with E-state index in [4.69, 9.17) is 5.73 Å². The van der Waals surface area contributed by atoms with Gasteiger partial charge in [0.15, 0.2) is 0 Å². The van der Waals surface area contributed by atoms with Crippen molar-refractivity contribution in [1.29, 1.82) is 0 Å². The number of nitrogens with two attached hydrogens (primary N) is 1. The minimum absolute atomic E-state index is 0.654. The van der Waals surface area contributed by atoms with Crippen LogP contribution in [0.2, 0.25) is 0 Å². The van der Waals surface area contributed by atoms with Crippen LogP contribution in [-0.2, 0) is 6.54 Å². The van der Waals surface area contributed by atoms with Crippen LogP contribution in [0.1, 0.15) is 18.4 Å². The average Bonchev–Trinajstić information content (AvgIpc) is 3.07. The maximum Gasteiger partial charge on any atom is 0.0616 e. The van der Waals surface area contributed by atoms with Crippen molar-refractivity contribution in [2.45, 2.75) is 25.4 Å². The first-order valence-electron chi connectivity index (χ1n) is 6.07. The lowest BCUT2D eigenvalue weighted by atomic mass is 10.2. The third-order valence-electron chi connectivity index (χ3n) is 3.22. The van der Waals surface area contributed by atoms with Crippen molar-refractivity contribution in [2.75, 3.05) is 10.6 Å². The minimum Gasteiger partial charge on any atom is -0.397 e. The Morgan fingerprint density at radius 3 is 2.83 bits per heavy atom. The maximum atomic E-state index is 6.12. The second-order valence-corrected chi connectivity index (χ2v) is 6.39. The van der Waals surface area contributed by atoms with E-state index in [1.807, 2.05) is 12.1 Å². The molecule has 2 N–H and O–H groups in total. The summed E-state index contributed by atoms with van der Waals surface area (Å²) in [7, 11) is 0. The summed E-state index contributed by atoms with van der Waals surface area (Å²) >= 11 is 5.28. The maximum absolute atomic E-state index is 6.12. The predicted octanol–water partition coefficient (Wildman–Crippen LogP) is 4.26. The molecular formula is C14H15BrN2S. The summed E-state index contributed by atoms with van der Waals surface area (Å²) in [5, 5.41) is 4.34. The van der Waals surface area contributed by atoms with Gasteiger partial charge < -0.3 is 10.6 Å². The van der Waals surface area contributed by atoms with E-state index in [2.05, 4.69) is 43.7 Å². The molecule has 0 atom stereocenters. The third-order valence-corrected chi connectivity index (χ3v) is 4.45. The highest BCUT2D eigenvalue weighted by Gasteiger charge is 2.30. The minimum atomic E-state index is 0.654. The van der Waals surface area contributed by atoms with Crippen molar-refractivity contribution < 1.29 is 0 Å². The normalized spacial score (nSPS) is 14.7. The van der Waals surface area contributed by atoms with Gasteiger partial charge in [-0.05, 0) is 53.4 Å². The molecule has 2 aromatic rings. The Kier molecular flexibility index (Phi) is 3.31. The van der Waals surface area contributed by atoms with Crippen LogP contribution in [0.3, 0.4) is 0 Å². The van der Waals surface area contributed by atoms with Crippen molar-refractivity contribution >= 4 is 38.6 Å². The van der Waals surface area contributed by atoms with Crippen molar-refractivity contribution in [2.24, 2.45) is 0 Å². The lowest BCUT2D eigenvalue weighted by Crippen LogP contribution is -2.25. The van der Waals surface area contributed by atoms with Gasteiger partial charge in [0.05, 0.1) is 11.4 Å². The molecule has 94 valence electrons. The molecule has 0 unspecified atom stereocenters. The summed E-state index contributed by atoms with van der Waals surface area (Å²) in [5.74, 6) is 0. The number of benzene rings is 1. The zero-order valence-corrected chi connectivity index (χ0v) is 12.4. The lowest BCUT2D eigenvalue weighted by Gasteiger charge is -2.26. The first-order valence-corrected chi connectivity index (χ1v) is 7.80. The van der Waals surface area contributed by atoms with E-state index >= 15 is 0 Å². The molecule has 0 radical (unpaired) electrons. The second-order valence-electron chi connectivity index (χ2n) is 4.69. The van der Waals surface area contributed by atoms with Gasteiger partial charge in [0.2, 0.25) is 0 Å². The molecule has 1 saturated carbocycles. The molecule has 0 spiro atoms. The van der Waals surface area contributed by atoms with Crippen LogP contribution >= 0.6 is 27.3 Å². The number of hydrogen-bond donors (Lipinski definition) is 1. The van der Waals surface area contributed by atoms with Crippen molar-refractivity contribution in [3.8, 4) is 0 Å². The summed E-state index contributed by atoms with van der Waals surface area (Å²) in [5.41, 5.74) is 9.50. The molecule has 1 aliphatic rings. The third kappa shape index (κ3) is 2.54. The zero-order chi connectivity index (χ0) is 12.5. The van der Waals surface area contributed by atoms with Crippen LogP contribution in [0.5, 0.6) is 0 Å². The Bertz CT molecular complexity index is 535. The van der Waals surface area contributed by atoms with Crippen LogP contribution < -0.4 is 10.6 Å². The average molecular weight is 323 g/mol. The van der Waals surface area contributed by atoms with E-state index in [0.717, 1.165) is 22.4 Å². The largest absolute Gasteiger partial charge is 0.397 e. The number of nitrogens with zero attached hydrogens (tertiary/aromatic N) is 1.